The third-order valence-electron chi connectivity index (χ3n) is 6.93. The molecule has 1 saturated heterocycles. The van der Waals surface area contributed by atoms with Gasteiger partial charge in [0.25, 0.3) is 0 Å². The van der Waals surface area contributed by atoms with Crippen molar-refractivity contribution in [3.8, 4) is 11.1 Å². The van der Waals surface area contributed by atoms with Crippen LogP contribution in [0.2, 0.25) is 10.0 Å². The van der Waals surface area contributed by atoms with E-state index in [1.54, 1.807) is 0 Å². The molecule has 2 heterocycles. The van der Waals surface area contributed by atoms with Crippen LogP contribution in [-0.2, 0) is 4.74 Å². The Bertz CT molecular complexity index is 1220. The van der Waals surface area contributed by atoms with Crippen molar-refractivity contribution in [3.63, 3.8) is 0 Å². The Labute approximate surface area is 218 Å². The van der Waals surface area contributed by atoms with E-state index >= 15 is 0 Å². The average molecular weight is 508 g/mol. The van der Waals surface area contributed by atoms with Crippen molar-refractivity contribution in [1.82, 2.24) is 5.32 Å². The van der Waals surface area contributed by atoms with Gasteiger partial charge in [-0.25, -0.2) is 0 Å². The molecule has 5 heteroatoms. The minimum absolute atomic E-state index is 0.532. The Morgan fingerprint density at radius 3 is 2.37 bits per heavy atom. The van der Waals surface area contributed by atoms with Gasteiger partial charge in [-0.05, 0) is 75.0 Å². The van der Waals surface area contributed by atoms with E-state index in [9.17, 15) is 0 Å². The zero-order valence-electron chi connectivity index (χ0n) is 20.4. The normalized spacial score (nSPS) is 17.7. The Hall–Kier alpha value is -2.46. The maximum atomic E-state index is 6.75. The van der Waals surface area contributed by atoms with Crippen LogP contribution in [0.25, 0.3) is 22.5 Å². The summed E-state index contributed by atoms with van der Waals surface area (Å²) in [6.45, 7) is 6.78. The Morgan fingerprint density at radius 2 is 1.66 bits per heavy atom. The van der Waals surface area contributed by atoms with Crippen molar-refractivity contribution < 1.29 is 4.74 Å². The molecule has 2 aliphatic heterocycles. The molecule has 0 spiro atoms. The van der Waals surface area contributed by atoms with E-state index in [1.807, 2.05) is 30.3 Å². The summed E-state index contributed by atoms with van der Waals surface area (Å²) in [6, 6.07) is 19.2. The van der Waals surface area contributed by atoms with E-state index in [0.717, 1.165) is 41.1 Å². The molecule has 1 fully saturated rings. The highest BCUT2D eigenvalue weighted by molar-refractivity contribution is 6.34. The molecule has 0 amide bonds. The van der Waals surface area contributed by atoms with Crippen LogP contribution in [0.4, 0.5) is 5.69 Å². The number of piperidine rings is 1. The monoisotopic (exact) mass is 506 g/mol. The zero-order chi connectivity index (χ0) is 24.4. The molecule has 1 atom stereocenters. The largest absolute Gasteiger partial charge is 0.492 e. The van der Waals surface area contributed by atoms with E-state index < -0.39 is 0 Å². The highest BCUT2D eigenvalue weighted by Crippen LogP contribution is 2.42. The first-order valence-electron chi connectivity index (χ1n) is 12.5. The van der Waals surface area contributed by atoms with Crippen molar-refractivity contribution in [1.29, 1.82) is 0 Å². The molecule has 5 rings (SSSR count). The lowest BCUT2D eigenvalue weighted by atomic mass is 9.92. The number of rotatable bonds is 6. The van der Waals surface area contributed by atoms with Crippen LogP contribution in [0.3, 0.4) is 0 Å². The lowest BCUT2D eigenvalue weighted by molar-refractivity contribution is 0.239. The van der Waals surface area contributed by atoms with Crippen LogP contribution in [0.5, 0.6) is 0 Å². The smallest absolute Gasteiger partial charge is 0.134 e. The third-order valence-corrected chi connectivity index (χ3v) is 7.50. The summed E-state index contributed by atoms with van der Waals surface area (Å²) in [5.41, 5.74) is 8.96. The van der Waals surface area contributed by atoms with Crippen LogP contribution >= 0.6 is 23.2 Å². The summed E-state index contributed by atoms with van der Waals surface area (Å²) >= 11 is 12.9. The highest BCUT2D eigenvalue weighted by atomic mass is 35.5. The first-order valence-corrected chi connectivity index (χ1v) is 13.3. The van der Waals surface area contributed by atoms with Gasteiger partial charge in [-0.1, -0.05) is 71.1 Å². The van der Waals surface area contributed by atoms with Crippen LogP contribution in [0.15, 0.2) is 54.6 Å². The van der Waals surface area contributed by atoms with E-state index in [0.29, 0.717) is 29.2 Å². The zero-order valence-corrected chi connectivity index (χ0v) is 21.9. The standard InChI is InChI=1S/C30H32Cl2N2O/c1-19-13-20(2)15-22(14-19)27-18-34-29-17-28(32)25(21-6-8-23(31)9-7-21)16-26(29)30(27)35-12-10-24-5-3-4-11-33-24/h6-9,13-17,24,33-34H,3-5,10-12,18H2,1-2H3. The number of benzene rings is 3. The molecule has 182 valence electrons. The van der Waals surface area contributed by atoms with Crippen molar-refractivity contribution in [2.45, 2.75) is 45.6 Å². The lowest BCUT2D eigenvalue weighted by Gasteiger charge is -2.28. The van der Waals surface area contributed by atoms with Gasteiger partial charge in [-0.15, -0.1) is 0 Å². The summed E-state index contributed by atoms with van der Waals surface area (Å²) in [5.74, 6) is 0.950. The van der Waals surface area contributed by atoms with Crippen LogP contribution < -0.4 is 10.6 Å². The molecule has 0 aliphatic carbocycles. The van der Waals surface area contributed by atoms with Gasteiger partial charge in [0.15, 0.2) is 0 Å². The topological polar surface area (TPSA) is 33.3 Å². The number of ether oxygens (including phenoxy) is 1. The van der Waals surface area contributed by atoms with Gasteiger partial charge in [0.2, 0.25) is 0 Å². The Kier molecular flexibility index (Phi) is 7.38. The summed E-state index contributed by atoms with van der Waals surface area (Å²) < 4.78 is 6.64. The molecule has 0 bridgehead atoms. The maximum Gasteiger partial charge on any atom is 0.134 e. The molecule has 2 aliphatic rings. The molecule has 0 radical (unpaired) electrons. The van der Waals surface area contributed by atoms with Gasteiger partial charge >= 0.3 is 0 Å². The fourth-order valence-electron chi connectivity index (χ4n) is 5.21. The second-order valence-electron chi connectivity index (χ2n) is 9.71. The first kappa shape index (κ1) is 24.2. The Morgan fingerprint density at radius 1 is 0.886 bits per heavy atom. The van der Waals surface area contributed by atoms with Gasteiger partial charge in [0.05, 0.1) is 11.6 Å². The van der Waals surface area contributed by atoms with Gasteiger partial charge in [0.1, 0.15) is 5.76 Å². The van der Waals surface area contributed by atoms with Crippen LogP contribution in [0, 0.1) is 13.8 Å². The van der Waals surface area contributed by atoms with Gasteiger partial charge in [-0.2, -0.15) is 0 Å². The van der Waals surface area contributed by atoms with Crippen LogP contribution in [0.1, 0.15) is 47.9 Å². The molecule has 3 aromatic carbocycles. The minimum Gasteiger partial charge on any atom is -0.492 e. The van der Waals surface area contributed by atoms with Crippen LogP contribution in [-0.4, -0.2) is 25.7 Å². The molecular weight excluding hydrogens is 475 g/mol. The van der Waals surface area contributed by atoms with Gasteiger partial charge in [0, 0.05) is 40.0 Å². The van der Waals surface area contributed by atoms with E-state index in [2.05, 4.69) is 48.7 Å². The predicted octanol–water partition coefficient (Wildman–Crippen LogP) is 8.12. The van der Waals surface area contributed by atoms with Crippen molar-refractivity contribution in [2.75, 3.05) is 25.0 Å². The minimum atomic E-state index is 0.532. The quantitative estimate of drug-likeness (QED) is 0.354. The highest BCUT2D eigenvalue weighted by Gasteiger charge is 2.24. The molecule has 0 saturated carbocycles. The maximum absolute atomic E-state index is 6.75. The van der Waals surface area contributed by atoms with E-state index in [4.69, 9.17) is 27.9 Å². The molecule has 0 aromatic heterocycles. The number of hydrogen-bond donors (Lipinski definition) is 2. The van der Waals surface area contributed by atoms with E-state index in [-0.39, 0.29) is 0 Å². The molecule has 2 N–H and O–H groups in total. The SMILES string of the molecule is Cc1cc(C)cc(C2=C(OCCC3CCCCN3)c3cc(-c4ccc(Cl)cc4)c(Cl)cc3NC2)c1. The number of aryl methyl sites for hydroxylation is 2. The average Bonchev–Trinajstić information content (AvgIpc) is 2.84. The fraction of sp³-hybridized carbons (Fsp3) is 0.333. The summed E-state index contributed by atoms with van der Waals surface area (Å²) in [6.07, 6.45) is 4.79. The number of hydrogen-bond acceptors (Lipinski definition) is 3. The molecular formula is C30H32Cl2N2O. The summed E-state index contributed by atoms with van der Waals surface area (Å²) in [7, 11) is 0. The van der Waals surface area contributed by atoms with E-state index in [1.165, 1.54) is 41.5 Å². The second-order valence-corrected chi connectivity index (χ2v) is 10.5. The van der Waals surface area contributed by atoms with Crippen molar-refractivity contribution >= 4 is 40.2 Å². The van der Waals surface area contributed by atoms with Gasteiger partial charge < -0.3 is 15.4 Å². The summed E-state index contributed by atoms with van der Waals surface area (Å²) in [5, 5.41) is 8.65. The molecule has 1 unspecified atom stereocenters. The van der Waals surface area contributed by atoms with Crippen molar-refractivity contribution in [2.24, 2.45) is 0 Å². The lowest BCUT2D eigenvalue weighted by Crippen LogP contribution is -2.34. The molecule has 3 aromatic rings. The molecule has 35 heavy (non-hydrogen) atoms. The number of halogens is 2. The number of fused-ring (bicyclic) bond motifs is 1. The fourth-order valence-corrected chi connectivity index (χ4v) is 5.60. The predicted molar refractivity (Wildman–Crippen MR) is 149 cm³/mol. The Balaban J connectivity index is 1.56. The summed E-state index contributed by atoms with van der Waals surface area (Å²) in [4.78, 5) is 0. The number of nitrogens with one attached hydrogen (secondary N) is 2. The number of anilines is 1. The van der Waals surface area contributed by atoms with Crippen molar-refractivity contribution in [3.05, 3.63) is 86.9 Å². The third kappa shape index (κ3) is 5.53. The molecule has 3 nitrogen and oxygen atoms in total. The van der Waals surface area contributed by atoms with Gasteiger partial charge in [-0.3, -0.25) is 0 Å². The first-order chi connectivity index (χ1) is 17.0. The second kappa shape index (κ2) is 10.7.